The summed E-state index contributed by atoms with van der Waals surface area (Å²) >= 11 is 0. The van der Waals surface area contributed by atoms with Crippen LogP contribution in [0.25, 0.3) is 0 Å². The van der Waals surface area contributed by atoms with Gasteiger partial charge in [-0.25, -0.2) is 13.6 Å². The summed E-state index contributed by atoms with van der Waals surface area (Å²) in [6, 6.07) is 0. The van der Waals surface area contributed by atoms with Crippen LogP contribution in [0.4, 0.5) is 0 Å². The quantitative estimate of drug-likeness (QED) is 0.441. The van der Waals surface area contributed by atoms with E-state index in [2.05, 4.69) is 0 Å². The van der Waals surface area contributed by atoms with Crippen LogP contribution in [0.2, 0.25) is 0 Å². The van der Waals surface area contributed by atoms with Crippen LogP contribution in [0, 0.1) is 5.92 Å². The summed E-state index contributed by atoms with van der Waals surface area (Å²) in [7, 11) is -3.60. The van der Waals surface area contributed by atoms with E-state index in [1.807, 2.05) is 0 Å². The molecule has 14 heavy (non-hydrogen) atoms. The summed E-state index contributed by atoms with van der Waals surface area (Å²) in [5, 5.41) is 13.4. The van der Waals surface area contributed by atoms with Gasteiger partial charge in [-0.05, 0) is 25.3 Å². The Morgan fingerprint density at radius 1 is 1.43 bits per heavy atom. The lowest BCUT2D eigenvalue weighted by molar-refractivity contribution is 0.205. The summed E-state index contributed by atoms with van der Waals surface area (Å²) in [4.78, 5) is 0. The van der Waals surface area contributed by atoms with E-state index in [0.29, 0.717) is 5.57 Å². The summed E-state index contributed by atoms with van der Waals surface area (Å²) in [6.45, 7) is 4.85. The third-order valence-electron chi connectivity index (χ3n) is 2.42. The van der Waals surface area contributed by atoms with Crippen molar-refractivity contribution in [2.24, 2.45) is 16.8 Å². The first-order chi connectivity index (χ1) is 6.21. The van der Waals surface area contributed by atoms with E-state index in [1.54, 1.807) is 19.9 Å². The molecule has 3 atom stereocenters. The molecule has 0 saturated carbocycles. The minimum absolute atomic E-state index is 0.394. The van der Waals surface area contributed by atoms with Crippen LogP contribution in [-0.2, 0) is 10.0 Å². The molecule has 0 saturated heterocycles. The second-order valence-corrected chi connectivity index (χ2v) is 5.24. The average Bonchev–Trinajstić information content (AvgIpc) is 2.01. The number of sulfonamides is 1. The van der Waals surface area contributed by atoms with Crippen molar-refractivity contribution in [3.8, 4) is 0 Å². The second kappa shape index (κ2) is 4.88. The van der Waals surface area contributed by atoms with Crippen LogP contribution in [-0.4, -0.2) is 25.0 Å². The number of aliphatic hydroxyl groups excluding tert-OH is 1. The predicted molar refractivity (Wildman–Crippen MR) is 55.7 cm³/mol. The first-order valence-electron chi connectivity index (χ1n) is 4.33. The molecule has 6 heteroatoms. The lowest BCUT2D eigenvalue weighted by atomic mass is 9.97. The fraction of sp³-hybridized carbons (Fsp3) is 0.750. The number of nitrogens with two attached hydrogens (primary N) is 2. The number of aliphatic hydroxyl groups is 1. The highest BCUT2D eigenvalue weighted by Gasteiger charge is 2.27. The molecule has 0 rings (SSSR count). The lowest BCUT2D eigenvalue weighted by Crippen LogP contribution is -2.36. The summed E-state index contributed by atoms with van der Waals surface area (Å²) in [5.41, 5.74) is 5.76. The normalized spacial score (nSPS) is 20.3. The van der Waals surface area contributed by atoms with Crippen molar-refractivity contribution in [3.63, 3.8) is 0 Å². The van der Waals surface area contributed by atoms with Gasteiger partial charge in [0.05, 0.1) is 5.25 Å². The van der Waals surface area contributed by atoms with Gasteiger partial charge < -0.3 is 10.8 Å². The van der Waals surface area contributed by atoms with Crippen LogP contribution in [0.15, 0.2) is 11.6 Å². The smallest absolute Gasteiger partial charge is 0.212 e. The Bertz CT molecular complexity index is 309. The Balaban J connectivity index is 4.87. The standard InChI is InChI=1S/C8H18N2O3S/c1-4-7(8(9)11)5(2)6(3)14(10,12)13/h4-6,8,11H,9H2,1-3H3,(H2,10,12,13)/b7-4+/t5-,6?,8?/m0/s1. The number of allylic oxidation sites excluding steroid dienone is 1. The number of hydrogen-bond donors (Lipinski definition) is 3. The molecule has 5 N–H and O–H groups in total. The first kappa shape index (κ1) is 13.6. The fourth-order valence-electron chi connectivity index (χ4n) is 1.26. The van der Waals surface area contributed by atoms with E-state index in [0.717, 1.165) is 0 Å². The van der Waals surface area contributed by atoms with Gasteiger partial charge in [-0.1, -0.05) is 13.0 Å². The maximum Gasteiger partial charge on any atom is 0.212 e. The molecular weight excluding hydrogens is 204 g/mol. The van der Waals surface area contributed by atoms with Gasteiger partial charge in [-0.3, -0.25) is 0 Å². The van der Waals surface area contributed by atoms with Crippen molar-refractivity contribution < 1.29 is 13.5 Å². The Morgan fingerprint density at radius 2 is 1.86 bits per heavy atom. The Hall–Kier alpha value is -0.430. The third-order valence-corrected chi connectivity index (χ3v) is 3.87. The van der Waals surface area contributed by atoms with Gasteiger partial charge in [0, 0.05) is 0 Å². The van der Waals surface area contributed by atoms with Crippen molar-refractivity contribution in [1.82, 2.24) is 0 Å². The van der Waals surface area contributed by atoms with E-state index in [-0.39, 0.29) is 0 Å². The molecule has 0 aliphatic carbocycles. The molecule has 2 unspecified atom stereocenters. The molecule has 0 aliphatic heterocycles. The Labute approximate surface area is 84.8 Å². The number of rotatable bonds is 4. The zero-order valence-corrected chi connectivity index (χ0v) is 9.45. The maximum absolute atomic E-state index is 11.0. The SMILES string of the molecule is C/C=C(/C(N)O)[C@@H](C)C(C)S(N)(=O)=O. The molecule has 84 valence electrons. The zero-order chi connectivity index (χ0) is 11.5. The van der Waals surface area contributed by atoms with Gasteiger partial charge in [0.25, 0.3) is 0 Å². The van der Waals surface area contributed by atoms with Crippen LogP contribution < -0.4 is 10.9 Å². The second-order valence-electron chi connectivity index (χ2n) is 3.32. The topological polar surface area (TPSA) is 106 Å². The van der Waals surface area contributed by atoms with Gasteiger partial charge in [-0.15, -0.1) is 0 Å². The Kier molecular flexibility index (Phi) is 4.73. The average molecular weight is 222 g/mol. The van der Waals surface area contributed by atoms with Gasteiger partial charge >= 0.3 is 0 Å². The molecule has 5 nitrogen and oxygen atoms in total. The van der Waals surface area contributed by atoms with Crippen LogP contribution in [0.1, 0.15) is 20.8 Å². The lowest BCUT2D eigenvalue weighted by Gasteiger charge is -2.22. The molecule has 0 aromatic heterocycles. The molecule has 0 heterocycles. The van der Waals surface area contributed by atoms with E-state index in [1.165, 1.54) is 6.92 Å². The maximum atomic E-state index is 11.0. The largest absolute Gasteiger partial charge is 0.375 e. The van der Waals surface area contributed by atoms with Crippen molar-refractivity contribution >= 4 is 10.0 Å². The minimum atomic E-state index is -3.60. The van der Waals surface area contributed by atoms with Crippen LogP contribution >= 0.6 is 0 Å². The highest BCUT2D eigenvalue weighted by molar-refractivity contribution is 7.89. The number of primary sulfonamides is 1. The summed E-state index contributed by atoms with van der Waals surface area (Å²) in [6.07, 6.45) is 0.469. The summed E-state index contributed by atoms with van der Waals surface area (Å²) < 4.78 is 22.1. The fourth-order valence-corrected chi connectivity index (χ4v) is 1.98. The molecule has 0 bridgehead atoms. The third kappa shape index (κ3) is 3.38. The van der Waals surface area contributed by atoms with Gasteiger partial charge in [0.1, 0.15) is 6.23 Å². The van der Waals surface area contributed by atoms with Crippen molar-refractivity contribution in [1.29, 1.82) is 0 Å². The van der Waals surface area contributed by atoms with E-state index in [4.69, 9.17) is 10.9 Å². The highest BCUT2D eigenvalue weighted by Crippen LogP contribution is 2.20. The molecular formula is C8H18N2O3S. The van der Waals surface area contributed by atoms with E-state index >= 15 is 0 Å². The zero-order valence-electron chi connectivity index (χ0n) is 8.64. The Morgan fingerprint density at radius 3 is 2.07 bits per heavy atom. The minimum Gasteiger partial charge on any atom is -0.375 e. The molecule has 0 aromatic rings. The molecule has 0 spiro atoms. The summed E-state index contributed by atoms with van der Waals surface area (Å²) in [5.74, 6) is -0.394. The molecule has 0 amide bonds. The van der Waals surface area contributed by atoms with E-state index in [9.17, 15) is 13.5 Å². The predicted octanol–water partition coefficient (Wildman–Crippen LogP) is -0.477. The van der Waals surface area contributed by atoms with Crippen molar-refractivity contribution in [3.05, 3.63) is 11.6 Å². The van der Waals surface area contributed by atoms with Gasteiger partial charge in [0.2, 0.25) is 10.0 Å². The van der Waals surface area contributed by atoms with Crippen molar-refractivity contribution in [2.75, 3.05) is 0 Å². The van der Waals surface area contributed by atoms with Crippen LogP contribution in [0.5, 0.6) is 0 Å². The van der Waals surface area contributed by atoms with E-state index < -0.39 is 27.4 Å². The molecule has 0 aliphatic rings. The number of hydrogen-bond acceptors (Lipinski definition) is 4. The van der Waals surface area contributed by atoms with Gasteiger partial charge in [0.15, 0.2) is 0 Å². The molecule has 0 fully saturated rings. The van der Waals surface area contributed by atoms with Crippen LogP contribution in [0.3, 0.4) is 0 Å². The molecule has 0 radical (unpaired) electrons. The monoisotopic (exact) mass is 222 g/mol. The first-order valence-corrected chi connectivity index (χ1v) is 5.94. The van der Waals surface area contributed by atoms with Crippen molar-refractivity contribution in [2.45, 2.75) is 32.2 Å². The highest BCUT2D eigenvalue weighted by atomic mass is 32.2. The molecule has 0 aromatic carbocycles. The van der Waals surface area contributed by atoms with Gasteiger partial charge in [-0.2, -0.15) is 0 Å².